The van der Waals surface area contributed by atoms with Crippen molar-refractivity contribution in [1.82, 2.24) is 36.9 Å². The molecule has 304 valence electrons. The van der Waals surface area contributed by atoms with Crippen LogP contribution in [0.3, 0.4) is 0 Å². The van der Waals surface area contributed by atoms with Gasteiger partial charge in [-0.05, 0) is 91.3 Å². The Kier molecular flexibility index (Phi) is 12.5. The maximum absolute atomic E-state index is 14.7. The first kappa shape index (κ1) is 40.6. The minimum absolute atomic E-state index is 0.0627. The molecule has 7 rings (SSSR count). The standard InChI is InChI=1S/C43H51N9O5S/c44-40(56)43(16-20-47-21-17-43)52-39(55)36(25-30-10-6-22-58-30)50-37(53)34(24-29-26-48-33-13-4-3-12-32(29)33)49-38(54)35(51-41(57)42(45)14-18-46-19-15-42)23-28-9-5-8-27-7-1-2-11-31(27)28/h1-13,22,26,34-36,46-48H,14-21,23-25,45H2,(H2,44,56)(H,49,54)(H,50,53)(H,51,57)(H,52,55)/t34-,35-,36+/m1/s1. The van der Waals surface area contributed by atoms with Crippen LogP contribution in [0.2, 0.25) is 0 Å². The molecule has 2 aromatic heterocycles. The monoisotopic (exact) mass is 805 g/mol. The topological polar surface area (TPSA) is 225 Å². The Morgan fingerprint density at radius 2 is 1.26 bits per heavy atom. The predicted molar refractivity (Wildman–Crippen MR) is 225 cm³/mol. The second kappa shape index (κ2) is 17.9. The first-order valence-corrected chi connectivity index (χ1v) is 20.7. The van der Waals surface area contributed by atoms with Gasteiger partial charge in [-0.25, -0.2) is 0 Å². The van der Waals surface area contributed by atoms with Crippen molar-refractivity contribution in [1.29, 1.82) is 0 Å². The number of carbonyl (C=O) groups excluding carboxylic acids is 5. The number of hydrogen-bond donors (Lipinski definition) is 9. The highest BCUT2D eigenvalue weighted by Crippen LogP contribution is 2.24. The first-order valence-electron chi connectivity index (χ1n) is 19.8. The van der Waals surface area contributed by atoms with E-state index in [1.807, 2.05) is 84.2 Å². The number of nitrogens with two attached hydrogens (primary N) is 2. The molecule has 4 heterocycles. The highest BCUT2D eigenvalue weighted by Gasteiger charge is 2.42. The second-order valence-electron chi connectivity index (χ2n) is 15.4. The van der Waals surface area contributed by atoms with Gasteiger partial charge in [0.15, 0.2) is 0 Å². The highest BCUT2D eigenvalue weighted by atomic mass is 32.1. The Morgan fingerprint density at radius 1 is 0.655 bits per heavy atom. The number of piperidine rings is 2. The number of hydrogen-bond acceptors (Lipinski definition) is 9. The summed E-state index contributed by atoms with van der Waals surface area (Å²) in [7, 11) is 0. The number of para-hydroxylation sites is 1. The number of thiophene rings is 1. The molecule has 0 unspecified atom stereocenters. The number of carbonyl (C=O) groups is 5. The quantitative estimate of drug-likeness (QED) is 0.0755. The summed E-state index contributed by atoms with van der Waals surface area (Å²) in [6, 6.07) is 21.6. The van der Waals surface area contributed by atoms with Gasteiger partial charge in [-0.3, -0.25) is 24.0 Å². The fraction of sp³-hybridized carbons (Fsp3) is 0.372. The average Bonchev–Trinajstić information content (AvgIpc) is 3.91. The van der Waals surface area contributed by atoms with Gasteiger partial charge in [0.05, 0.1) is 5.54 Å². The molecular weight excluding hydrogens is 755 g/mol. The van der Waals surface area contributed by atoms with Crippen molar-refractivity contribution in [3.8, 4) is 0 Å². The third-order valence-corrected chi connectivity index (χ3v) is 12.4. The molecule has 58 heavy (non-hydrogen) atoms. The minimum Gasteiger partial charge on any atom is -0.368 e. The number of rotatable bonds is 15. The van der Waals surface area contributed by atoms with Gasteiger partial charge >= 0.3 is 0 Å². The van der Waals surface area contributed by atoms with Crippen LogP contribution in [0.1, 0.15) is 41.7 Å². The first-order chi connectivity index (χ1) is 28.0. The summed E-state index contributed by atoms with van der Waals surface area (Å²) in [5.41, 5.74) is 12.5. The molecule has 5 aromatic rings. The van der Waals surface area contributed by atoms with E-state index in [0.29, 0.717) is 51.9 Å². The molecule has 15 heteroatoms. The lowest BCUT2D eigenvalue weighted by Crippen LogP contribution is -2.65. The number of benzene rings is 3. The molecule has 0 saturated carbocycles. The normalized spacial score (nSPS) is 17.7. The van der Waals surface area contributed by atoms with Crippen molar-refractivity contribution in [3.05, 3.63) is 106 Å². The van der Waals surface area contributed by atoms with Crippen LogP contribution in [0.25, 0.3) is 21.7 Å². The summed E-state index contributed by atoms with van der Waals surface area (Å²) in [5.74, 6) is -2.84. The molecule has 0 aliphatic carbocycles. The van der Waals surface area contributed by atoms with E-state index in [0.717, 1.165) is 37.7 Å². The van der Waals surface area contributed by atoms with E-state index in [4.69, 9.17) is 11.5 Å². The van der Waals surface area contributed by atoms with Crippen molar-refractivity contribution in [2.75, 3.05) is 26.2 Å². The van der Waals surface area contributed by atoms with Crippen LogP contribution in [0.4, 0.5) is 0 Å². The highest BCUT2D eigenvalue weighted by molar-refractivity contribution is 7.09. The largest absolute Gasteiger partial charge is 0.368 e. The van der Waals surface area contributed by atoms with Crippen molar-refractivity contribution in [3.63, 3.8) is 0 Å². The van der Waals surface area contributed by atoms with Gasteiger partial charge in [0, 0.05) is 41.2 Å². The van der Waals surface area contributed by atoms with Gasteiger partial charge < -0.3 is 48.4 Å². The maximum Gasteiger partial charge on any atom is 0.243 e. The number of fused-ring (bicyclic) bond motifs is 2. The molecule has 3 aromatic carbocycles. The Balaban J connectivity index is 1.20. The van der Waals surface area contributed by atoms with Crippen LogP contribution in [0.5, 0.6) is 0 Å². The molecule has 2 aliphatic heterocycles. The van der Waals surface area contributed by atoms with Crippen molar-refractivity contribution >= 4 is 62.5 Å². The lowest BCUT2D eigenvalue weighted by Gasteiger charge is -2.36. The van der Waals surface area contributed by atoms with Crippen molar-refractivity contribution < 1.29 is 24.0 Å². The van der Waals surface area contributed by atoms with Crippen LogP contribution in [0, 0.1) is 0 Å². The molecule has 2 fully saturated rings. The lowest BCUT2D eigenvalue weighted by molar-refractivity contribution is -0.136. The lowest BCUT2D eigenvalue weighted by atomic mass is 9.87. The Morgan fingerprint density at radius 3 is 1.95 bits per heavy atom. The number of aromatic amines is 1. The van der Waals surface area contributed by atoms with E-state index in [1.165, 1.54) is 11.3 Å². The fourth-order valence-electron chi connectivity index (χ4n) is 8.02. The molecule has 2 aliphatic rings. The smallest absolute Gasteiger partial charge is 0.243 e. The summed E-state index contributed by atoms with van der Waals surface area (Å²) >= 11 is 1.43. The van der Waals surface area contributed by atoms with Gasteiger partial charge in [0.1, 0.15) is 23.7 Å². The van der Waals surface area contributed by atoms with Gasteiger partial charge in [0.2, 0.25) is 29.5 Å². The maximum atomic E-state index is 14.7. The van der Waals surface area contributed by atoms with Crippen LogP contribution >= 0.6 is 11.3 Å². The summed E-state index contributed by atoms with van der Waals surface area (Å²) in [6.45, 7) is 2.11. The second-order valence-corrected chi connectivity index (χ2v) is 16.5. The Bertz CT molecular complexity index is 2260. The molecule has 3 atom stereocenters. The van der Waals surface area contributed by atoms with E-state index in [9.17, 15) is 24.0 Å². The zero-order chi connectivity index (χ0) is 40.7. The third-order valence-electron chi connectivity index (χ3n) is 11.5. The van der Waals surface area contributed by atoms with Crippen LogP contribution < -0.4 is 43.4 Å². The summed E-state index contributed by atoms with van der Waals surface area (Å²) in [5, 5.41) is 22.8. The van der Waals surface area contributed by atoms with Gasteiger partial charge in [-0.15, -0.1) is 11.3 Å². The van der Waals surface area contributed by atoms with Crippen LogP contribution in [-0.4, -0.2) is 89.9 Å². The molecule has 14 nitrogen and oxygen atoms in total. The summed E-state index contributed by atoms with van der Waals surface area (Å²) < 4.78 is 0. The summed E-state index contributed by atoms with van der Waals surface area (Å²) in [4.78, 5) is 74.2. The van der Waals surface area contributed by atoms with Crippen molar-refractivity contribution in [2.45, 2.75) is 74.1 Å². The van der Waals surface area contributed by atoms with Crippen LogP contribution in [0.15, 0.2) is 90.4 Å². The molecule has 5 amide bonds. The molecular formula is C43H51N9O5S. The number of H-pyrrole nitrogens is 1. The SMILES string of the molecule is NC(=O)C1(NC(=O)[C@H](Cc2cccs2)NC(=O)[C@@H](Cc2c[nH]c3ccccc23)NC(=O)[C@@H](Cc2cccc3ccccc23)NC(=O)C2(N)CCNCC2)CCNCC1. The number of nitrogens with one attached hydrogen (secondary N) is 7. The zero-order valence-electron chi connectivity index (χ0n) is 32.3. The van der Waals surface area contributed by atoms with Crippen molar-refractivity contribution in [2.24, 2.45) is 11.5 Å². The Labute approximate surface area is 340 Å². The van der Waals surface area contributed by atoms with Crippen LogP contribution in [-0.2, 0) is 43.2 Å². The van der Waals surface area contributed by atoms with Gasteiger partial charge in [-0.1, -0.05) is 66.7 Å². The molecule has 0 radical (unpaired) electrons. The van der Waals surface area contributed by atoms with Gasteiger partial charge in [0.25, 0.3) is 0 Å². The van der Waals surface area contributed by atoms with E-state index in [-0.39, 0.29) is 19.3 Å². The molecule has 2 saturated heterocycles. The third kappa shape index (κ3) is 9.23. The van der Waals surface area contributed by atoms with Gasteiger partial charge in [-0.2, -0.15) is 0 Å². The molecule has 0 bridgehead atoms. The summed E-state index contributed by atoms with van der Waals surface area (Å²) in [6.07, 6.45) is 3.53. The number of aromatic nitrogens is 1. The molecule has 11 N–H and O–H groups in total. The van der Waals surface area contributed by atoms with E-state index < -0.39 is 58.7 Å². The van der Waals surface area contributed by atoms with E-state index in [2.05, 4.69) is 36.9 Å². The Hall–Kier alpha value is -5.61. The van der Waals surface area contributed by atoms with E-state index in [1.54, 1.807) is 6.20 Å². The number of primary amides is 1. The van der Waals surface area contributed by atoms with E-state index >= 15 is 0 Å². The minimum atomic E-state index is -1.28. The fourth-order valence-corrected chi connectivity index (χ4v) is 8.78. The number of amides is 5. The zero-order valence-corrected chi connectivity index (χ0v) is 33.1. The average molecular weight is 806 g/mol. The molecule has 0 spiro atoms. The predicted octanol–water partition coefficient (Wildman–Crippen LogP) is 1.67.